The smallest absolute Gasteiger partial charge is 0.264 e. The summed E-state index contributed by atoms with van der Waals surface area (Å²) in [4.78, 5) is 10.3. The summed E-state index contributed by atoms with van der Waals surface area (Å²) in [7, 11) is 1.64. The first kappa shape index (κ1) is 9.65. The van der Waals surface area contributed by atoms with E-state index in [4.69, 9.17) is 5.26 Å². The molecule has 0 aromatic carbocycles. The number of nitriles is 1. The fourth-order valence-corrected chi connectivity index (χ4v) is 2.05. The molecular weight excluding hydrogens is 196 g/mol. The Morgan fingerprint density at radius 1 is 1.73 bits per heavy atom. The van der Waals surface area contributed by atoms with Crippen molar-refractivity contribution < 1.29 is 4.92 Å². The Bertz CT molecular complexity index is 453. The van der Waals surface area contributed by atoms with Gasteiger partial charge in [0.15, 0.2) is 0 Å². The highest BCUT2D eigenvalue weighted by molar-refractivity contribution is 5.44. The van der Waals surface area contributed by atoms with Crippen molar-refractivity contribution in [1.29, 1.82) is 5.26 Å². The van der Waals surface area contributed by atoms with Crippen LogP contribution in [-0.4, -0.2) is 14.7 Å². The van der Waals surface area contributed by atoms with Gasteiger partial charge in [-0.25, -0.2) is 0 Å². The van der Waals surface area contributed by atoms with Crippen molar-refractivity contribution in [3.05, 3.63) is 22.0 Å². The summed E-state index contributed by atoms with van der Waals surface area (Å²) in [6, 6.07) is 2.19. The molecule has 1 aromatic rings. The van der Waals surface area contributed by atoms with Crippen LogP contribution in [0, 0.1) is 21.4 Å². The van der Waals surface area contributed by atoms with E-state index in [9.17, 15) is 10.1 Å². The van der Waals surface area contributed by atoms with Gasteiger partial charge in [-0.15, -0.1) is 0 Å². The molecule has 0 saturated heterocycles. The zero-order chi connectivity index (χ0) is 11.1. The van der Waals surface area contributed by atoms with Gasteiger partial charge in [0.05, 0.1) is 11.0 Å². The molecule has 1 aliphatic carbocycles. The molecule has 1 fully saturated rings. The van der Waals surface area contributed by atoms with E-state index in [2.05, 4.69) is 11.2 Å². The number of hydrogen-bond acceptors (Lipinski definition) is 4. The second-order valence-corrected chi connectivity index (χ2v) is 3.81. The van der Waals surface area contributed by atoms with Crippen molar-refractivity contribution in [2.24, 2.45) is 7.05 Å². The van der Waals surface area contributed by atoms with E-state index in [0.717, 1.165) is 6.42 Å². The summed E-state index contributed by atoms with van der Waals surface area (Å²) >= 11 is 0. The summed E-state index contributed by atoms with van der Waals surface area (Å²) in [6.45, 7) is 0. The van der Waals surface area contributed by atoms with Gasteiger partial charge in [0, 0.05) is 7.05 Å². The van der Waals surface area contributed by atoms with Crippen molar-refractivity contribution in [2.45, 2.75) is 24.7 Å². The van der Waals surface area contributed by atoms with E-state index >= 15 is 0 Å². The fraction of sp³-hybridized carbons (Fsp3) is 0.556. The molecule has 0 N–H and O–H groups in total. The summed E-state index contributed by atoms with van der Waals surface area (Å²) in [5.41, 5.74) is -0.284. The third kappa shape index (κ3) is 1.20. The van der Waals surface area contributed by atoms with Crippen LogP contribution in [0.4, 0.5) is 5.69 Å². The van der Waals surface area contributed by atoms with Crippen molar-refractivity contribution in [1.82, 2.24) is 9.78 Å². The Morgan fingerprint density at radius 3 is 2.80 bits per heavy atom. The number of rotatable bonds is 2. The summed E-state index contributed by atoms with van der Waals surface area (Å²) < 4.78 is 1.44. The molecule has 1 aliphatic rings. The maximum absolute atomic E-state index is 10.8. The fourth-order valence-electron chi connectivity index (χ4n) is 2.05. The number of nitrogens with zero attached hydrogens (tertiary/aromatic N) is 4. The van der Waals surface area contributed by atoms with Gasteiger partial charge in [-0.1, -0.05) is 0 Å². The Labute approximate surface area is 86.3 Å². The van der Waals surface area contributed by atoms with Crippen LogP contribution in [0.5, 0.6) is 0 Å². The van der Waals surface area contributed by atoms with Gasteiger partial charge >= 0.3 is 5.69 Å². The highest BCUT2D eigenvalue weighted by Gasteiger charge is 2.46. The number of hydrogen-bond donors (Lipinski definition) is 0. The molecule has 6 nitrogen and oxygen atoms in total. The highest BCUT2D eigenvalue weighted by Crippen LogP contribution is 2.46. The van der Waals surface area contributed by atoms with Crippen LogP contribution in [0.15, 0.2) is 6.20 Å². The van der Waals surface area contributed by atoms with Crippen LogP contribution in [0.1, 0.15) is 25.0 Å². The van der Waals surface area contributed by atoms with E-state index in [-0.39, 0.29) is 5.69 Å². The molecule has 0 unspecified atom stereocenters. The highest BCUT2D eigenvalue weighted by atomic mass is 16.6. The van der Waals surface area contributed by atoms with Gasteiger partial charge in [0.25, 0.3) is 0 Å². The summed E-state index contributed by atoms with van der Waals surface area (Å²) in [6.07, 6.45) is 3.52. The topological polar surface area (TPSA) is 84.8 Å². The van der Waals surface area contributed by atoms with Crippen molar-refractivity contribution in [3.63, 3.8) is 0 Å². The molecule has 1 heterocycles. The minimum Gasteiger partial charge on any atom is -0.264 e. The molecule has 1 aromatic heterocycles. The van der Waals surface area contributed by atoms with Gasteiger partial charge in [-0.05, 0) is 19.3 Å². The van der Waals surface area contributed by atoms with E-state index in [1.54, 1.807) is 7.05 Å². The van der Waals surface area contributed by atoms with Gasteiger partial charge in [0.2, 0.25) is 0 Å². The summed E-state index contributed by atoms with van der Waals surface area (Å²) in [5, 5.41) is 23.8. The summed E-state index contributed by atoms with van der Waals surface area (Å²) in [5.74, 6) is 0. The van der Waals surface area contributed by atoms with Crippen LogP contribution in [0.3, 0.4) is 0 Å². The lowest BCUT2D eigenvalue weighted by atomic mass is 9.67. The number of nitro groups is 1. The average Bonchev–Trinajstić information content (AvgIpc) is 2.48. The molecule has 0 amide bonds. The third-order valence-electron chi connectivity index (χ3n) is 2.99. The van der Waals surface area contributed by atoms with E-state index < -0.39 is 10.3 Å². The van der Waals surface area contributed by atoms with Gasteiger partial charge in [0.1, 0.15) is 17.3 Å². The lowest BCUT2D eigenvalue weighted by Gasteiger charge is -2.34. The monoisotopic (exact) mass is 206 g/mol. The molecule has 78 valence electrons. The molecule has 2 rings (SSSR count). The third-order valence-corrected chi connectivity index (χ3v) is 2.99. The van der Waals surface area contributed by atoms with Gasteiger partial charge in [-0.2, -0.15) is 10.4 Å². The lowest BCUT2D eigenvalue weighted by molar-refractivity contribution is -0.386. The van der Waals surface area contributed by atoms with Gasteiger partial charge in [-0.3, -0.25) is 14.8 Å². The predicted molar refractivity (Wildman–Crippen MR) is 51.0 cm³/mol. The normalized spacial score (nSPS) is 17.9. The molecule has 6 heteroatoms. The van der Waals surface area contributed by atoms with E-state index in [1.165, 1.54) is 10.9 Å². The van der Waals surface area contributed by atoms with Crippen molar-refractivity contribution >= 4 is 5.69 Å². The minimum atomic E-state index is -0.687. The predicted octanol–water partition coefficient (Wildman–Crippen LogP) is 1.27. The second-order valence-electron chi connectivity index (χ2n) is 3.81. The molecule has 0 bridgehead atoms. The van der Waals surface area contributed by atoms with Crippen molar-refractivity contribution in [3.8, 4) is 6.07 Å². The first-order valence-electron chi connectivity index (χ1n) is 4.69. The largest absolute Gasteiger partial charge is 0.311 e. The maximum Gasteiger partial charge on any atom is 0.311 e. The van der Waals surface area contributed by atoms with E-state index in [1.807, 2.05) is 0 Å². The van der Waals surface area contributed by atoms with Crippen LogP contribution in [-0.2, 0) is 12.5 Å². The van der Waals surface area contributed by atoms with Gasteiger partial charge < -0.3 is 0 Å². The van der Waals surface area contributed by atoms with Crippen LogP contribution in [0.2, 0.25) is 0 Å². The molecular formula is C9H10N4O2. The lowest BCUT2D eigenvalue weighted by Crippen LogP contribution is -2.35. The molecule has 0 atom stereocenters. The van der Waals surface area contributed by atoms with Crippen LogP contribution >= 0.6 is 0 Å². The quantitative estimate of drug-likeness (QED) is 0.538. The zero-order valence-electron chi connectivity index (χ0n) is 8.30. The van der Waals surface area contributed by atoms with E-state index in [0.29, 0.717) is 18.5 Å². The zero-order valence-corrected chi connectivity index (χ0v) is 8.30. The second kappa shape index (κ2) is 3.05. The molecule has 15 heavy (non-hydrogen) atoms. The Balaban J connectivity index is 2.56. The minimum absolute atomic E-state index is 0.0428. The Morgan fingerprint density at radius 2 is 2.40 bits per heavy atom. The number of aryl methyl sites for hydroxylation is 1. The van der Waals surface area contributed by atoms with Crippen molar-refractivity contribution in [2.75, 3.05) is 0 Å². The number of aromatic nitrogens is 2. The standard InChI is InChI=1S/C9H10N4O2/c1-12-8(7(5-11-12)13(14)15)9(6-10)3-2-4-9/h5H,2-4H2,1H3. The molecule has 0 aliphatic heterocycles. The molecule has 0 radical (unpaired) electrons. The first-order valence-corrected chi connectivity index (χ1v) is 4.69. The Kier molecular flexibility index (Phi) is 1.96. The Hall–Kier alpha value is -1.90. The average molecular weight is 206 g/mol. The SMILES string of the molecule is Cn1ncc([N+](=O)[O-])c1C1(C#N)CCC1. The maximum atomic E-state index is 10.8. The molecule has 0 spiro atoms. The molecule has 1 saturated carbocycles. The van der Waals surface area contributed by atoms with Crippen LogP contribution < -0.4 is 0 Å². The van der Waals surface area contributed by atoms with Crippen LogP contribution in [0.25, 0.3) is 0 Å². The first-order chi connectivity index (χ1) is 7.10.